The lowest BCUT2D eigenvalue weighted by atomic mass is 9.93. The Balaban J connectivity index is 1.89. The van der Waals surface area contributed by atoms with Crippen molar-refractivity contribution in [3.8, 4) is 0 Å². The molecule has 5 heteroatoms. The highest BCUT2D eigenvalue weighted by Crippen LogP contribution is 2.37. The second-order valence-corrected chi connectivity index (χ2v) is 7.83. The molecule has 0 bridgehead atoms. The summed E-state index contributed by atoms with van der Waals surface area (Å²) in [5, 5.41) is 4.16. The van der Waals surface area contributed by atoms with E-state index < -0.39 is 0 Å². The van der Waals surface area contributed by atoms with Crippen LogP contribution < -0.4 is 5.32 Å². The molecule has 1 heterocycles. The molecule has 2 nitrogen and oxygen atoms in total. The molecule has 0 saturated carbocycles. The van der Waals surface area contributed by atoms with Crippen molar-refractivity contribution < 1.29 is 8.78 Å². The average Bonchev–Trinajstić information content (AvgIpc) is 2.56. The minimum Gasteiger partial charge on any atom is -0.364 e. The minimum absolute atomic E-state index is 0.0707. The smallest absolute Gasteiger partial charge is 0.157 e. The summed E-state index contributed by atoms with van der Waals surface area (Å²) >= 11 is 1.58. The summed E-state index contributed by atoms with van der Waals surface area (Å²) < 4.78 is 26.5. The van der Waals surface area contributed by atoms with Gasteiger partial charge in [0, 0.05) is 18.5 Å². The molecule has 3 rings (SSSR count). The van der Waals surface area contributed by atoms with Gasteiger partial charge in [-0.3, -0.25) is 4.99 Å². The van der Waals surface area contributed by atoms with Gasteiger partial charge in [-0.25, -0.2) is 8.78 Å². The van der Waals surface area contributed by atoms with Gasteiger partial charge in [-0.1, -0.05) is 49.9 Å². The first-order chi connectivity index (χ1) is 11.4. The van der Waals surface area contributed by atoms with Crippen LogP contribution in [0.2, 0.25) is 0 Å². The molecule has 0 fully saturated rings. The number of nitrogens with one attached hydrogen (secondary N) is 1. The third-order valence-electron chi connectivity index (χ3n) is 3.94. The average molecular weight is 346 g/mol. The fourth-order valence-corrected chi connectivity index (χ4v) is 3.61. The fourth-order valence-electron chi connectivity index (χ4n) is 2.51. The molecule has 1 N–H and O–H groups in total. The Hall–Kier alpha value is -1.88. The Bertz CT molecular complexity index is 679. The number of rotatable bonds is 3. The fraction of sp³-hybridized carbons (Fsp3) is 0.316. The molecule has 0 atom stereocenters. The molecule has 126 valence electrons. The molecule has 1 aliphatic heterocycles. The van der Waals surface area contributed by atoms with E-state index in [0.29, 0.717) is 0 Å². The van der Waals surface area contributed by atoms with E-state index in [4.69, 9.17) is 0 Å². The van der Waals surface area contributed by atoms with Crippen LogP contribution in [0.25, 0.3) is 0 Å². The normalized spacial score (nSPS) is 16.6. The van der Waals surface area contributed by atoms with Gasteiger partial charge in [0.25, 0.3) is 0 Å². The minimum atomic E-state index is -0.267. The van der Waals surface area contributed by atoms with Crippen LogP contribution in [0, 0.1) is 17.0 Å². The van der Waals surface area contributed by atoms with Gasteiger partial charge in [-0.05, 0) is 35.4 Å². The van der Waals surface area contributed by atoms with Crippen molar-refractivity contribution in [1.29, 1.82) is 0 Å². The van der Waals surface area contributed by atoms with Gasteiger partial charge in [0.15, 0.2) is 5.17 Å². The number of aliphatic imine (C=N–C) groups is 1. The van der Waals surface area contributed by atoms with Gasteiger partial charge in [-0.15, -0.1) is 0 Å². The van der Waals surface area contributed by atoms with E-state index in [2.05, 4.69) is 24.2 Å². The van der Waals surface area contributed by atoms with Gasteiger partial charge < -0.3 is 5.32 Å². The van der Waals surface area contributed by atoms with E-state index in [-0.39, 0.29) is 22.3 Å². The summed E-state index contributed by atoms with van der Waals surface area (Å²) in [7, 11) is 0. The first kappa shape index (κ1) is 17.0. The molecule has 0 aliphatic carbocycles. The summed E-state index contributed by atoms with van der Waals surface area (Å²) in [6.07, 6.45) is 0. The van der Waals surface area contributed by atoms with Gasteiger partial charge >= 0.3 is 0 Å². The van der Waals surface area contributed by atoms with E-state index in [0.717, 1.165) is 29.4 Å². The zero-order chi connectivity index (χ0) is 17.2. The number of benzene rings is 2. The van der Waals surface area contributed by atoms with Crippen LogP contribution in [-0.4, -0.2) is 18.3 Å². The van der Waals surface area contributed by atoms with Crippen molar-refractivity contribution in [2.24, 2.45) is 10.4 Å². The largest absolute Gasteiger partial charge is 0.364 e. The second-order valence-electron chi connectivity index (χ2n) is 6.74. The molecule has 0 aromatic heterocycles. The van der Waals surface area contributed by atoms with Gasteiger partial charge in [0.05, 0.1) is 5.25 Å². The highest BCUT2D eigenvalue weighted by Gasteiger charge is 2.25. The van der Waals surface area contributed by atoms with Crippen LogP contribution >= 0.6 is 11.8 Å². The maximum Gasteiger partial charge on any atom is 0.157 e. The lowest BCUT2D eigenvalue weighted by Gasteiger charge is -2.30. The summed E-state index contributed by atoms with van der Waals surface area (Å²) in [5.41, 5.74) is 2.07. The van der Waals surface area contributed by atoms with Crippen molar-refractivity contribution in [3.63, 3.8) is 0 Å². The Labute approximate surface area is 145 Å². The van der Waals surface area contributed by atoms with E-state index in [1.54, 1.807) is 36.0 Å². The highest BCUT2D eigenvalue weighted by atomic mass is 32.2. The third kappa shape index (κ3) is 4.15. The van der Waals surface area contributed by atoms with Crippen LogP contribution in [0.4, 0.5) is 8.78 Å². The van der Waals surface area contributed by atoms with Crippen LogP contribution in [0.1, 0.15) is 30.2 Å². The standard InChI is InChI=1S/C19H20F2N2S/c1-19(2)11-22-18(23-12-19)24-17(13-3-7-15(20)8-4-13)14-5-9-16(21)10-6-14/h3-10,17H,11-12H2,1-2H3,(H,22,23). The molecule has 1 aliphatic rings. The topological polar surface area (TPSA) is 24.4 Å². The number of thioether (sulfide) groups is 1. The molecule has 2 aromatic carbocycles. The zero-order valence-corrected chi connectivity index (χ0v) is 14.5. The van der Waals surface area contributed by atoms with Gasteiger partial charge in [0.1, 0.15) is 11.6 Å². The highest BCUT2D eigenvalue weighted by molar-refractivity contribution is 8.14. The van der Waals surface area contributed by atoms with Crippen molar-refractivity contribution in [2.45, 2.75) is 19.1 Å². The Morgan fingerprint density at radius 1 is 0.958 bits per heavy atom. The maximum atomic E-state index is 13.3. The number of hydrogen-bond acceptors (Lipinski definition) is 3. The molecule has 0 saturated heterocycles. The molecular formula is C19H20F2N2S. The van der Waals surface area contributed by atoms with Gasteiger partial charge in [-0.2, -0.15) is 0 Å². The van der Waals surface area contributed by atoms with Crippen molar-refractivity contribution in [3.05, 3.63) is 71.3 Å². The summed E-state index contributed by atoms with van der Waals surface area (Å²) in [5.74, 6) is -0.534. The summed E-state index contributed by atoms with van der Waals surface area (Å²) in [6.45, 7) is 5.96. The van der Waals surface area contributed by atoms with E-state index in [1.165, 1.54) is 24.3 Å². The van der Waals surface area contributed by atoms with Crippen LogP contribution in [0.15, 0.2) is 53.5 Å². The molecule has 0 spiro atoms. The number of amidine groups is 1. The first-order valence-corrected chi connectivity index (χ1v) is 8.77. The molecule has 0 amide bonds. The van der Waals surface area contributed by atoms with E-state index in [1.807, 2.05) is 0 Å². The summed E-state index contributed by atoms with van der Waals surface area (Å²) in [6, 6.07) is 12.9. The van der Waals surface area contributed by atoms with E-state index >= 15 is 0 Å². The van der Waals surface area contributed by atoms with Crippen molar-refractivity contribution >= 4 is 16.9 Å². The Morgan fingerprint density at radius 2 is 1.46 bits per heavy atom. The van der Waals surface area contributed by atoms with Crippen molar-refractivity contribution in [1.82, 2.24) is 5.32 Å². The zero-order valence-electron chi connectivity index (χ0n) is 13.7. The Kier molecular flexibility index (Phi) is 4.90. The molecule has 24 heavy (non-hydrogen) atoms. The SMILES string of the molecule is CC1(C)CN=C(SC(c2ccc(F)cc2)c2ccc(F)cc2)NC1. The number of nitrogens with zero attached hydrogens (tertiary/aromatic N) is 1. The summed E-state index contributed by atoms with van der Waals surface area (Å²) in [4.78, 5) is 4.63. The Morgan fingerprint density at radius 3 is 1.88 bits per heavy atom. The molecule has 0 unspecified atom stereocenters. The molecular weight excluding hydrogens is 326 g/mol. The molecule has 0 radical (unpaired) electrons. The predicted octanol–water partition coefficient (Wildman–Crippen LogP) is 4.77. The third-order valence-corrected chi connectivity index (χ3v) is 5.22. The second kappa shape index (κ2) is 6.93. The first-order valence-electron chi connectivity index (χ1n) is 7.89. The van der Waals surface area contributed by atoms with E-state index in [9.17, 15) is 8.78 Å². The lowest BCUT2D eigenvalue weighted by Crippen LogP contribution is -2.39. The van der Waals surface area contributed by atoms with Crippen molar-refractivity contribution in [2.75, 3.05) is 13.1 Å². The lowest BCUT2D eigenvalue weighted by molar-refractivity contribution is 0.364. The quantitative estimate of drug-likeness (QED) is 0.865. The maximum absolute atomic E-state index is 13.3. The van der Waals surface area contributed by atoms with Crippen LogP contribution in [-0.2, 0) is 0 Å². The van der Waals surface area contributed by atoms with Crippen LogP contribution in [0.5, 0.6) is 0 Å². The number of hydrogen-bond donors (Lipinski definition) is 1. The van der Waals surface area contributed by atoms with Gasteiger partial charge in [0.2, 0.25) is 0 Å². The number of halogens is 2. The van der Waals surface area contributed by atoms with Crippen LogP contribution in [0.3, 0.4) is 0 Å². The monoisotopic (exact) mass is 346 g/mol. The predicted molar refractivity (Wildman–Crippen MR) is 96.3 cm³/mol. The molecule has 2 aromatic rings.